The van der Waals surface area contributed by atoms with Crippen molar-refractivity contribution in [2.45, 2.75) is 6.54 Å². The Balaban J connectivity index is 2.06. The van der Waals surface area contributed by atoms with Crippen molar-refractivity contribution in [1.29, 1.82) is 0 Å². The monoisotopic (exact) mass is 257 g/mol. The van der Waals surface area contributed by atoms with E-state index in [1.54, 1.807) is 0 Å². The van der Waals surface area contributed by atoms with Crippen molar-refractivity contribution in [3.63, 3.8) is 0 Å². The first-order valence-electron chi connectivity index (χ1n) is 5.43. The summed E-state index contributed by atoms with van der Waals surface area (Å²) >= 11 is 8.16. The second-order valence-electron chi connectivity index (χ2n) is 3.76. The molecule has 1 saturated heterocycles. The number of thioether (sulfide) groups is 1. The van der Waals surface area contributed by atoms with Crippen LogP contribution in [0.4, 0.5) is 5.82 Å². The number of rotatable bonds is 3. The van der Waals surface area contributed by atoms with Gasteiger partial charge in [-0.25, -0.2) is 4.98 Å². The van der Waals surface area contributed by atoms with Gasteiger partial charge in [0.1, 0.15) is 5.82 Å². The molecule has 3 nitrogen and oxygen atoms in total. The molecular formula is C11H16ClN3S. The van der Waals surface area contributed by atoms with Crippen LogP contribution in [0.2, 0.25) is 5.02 Å². The summed E-state index contributed by atoms with van der Waals surface area (Å²) < 4.78 is 0. The molecule has 0 aliphatic carbocycles. The SMILES string of the molecule is CNc1ccc(Cl)c(CN2CCSCC2)n1. The van der Waals surface area contributed by atoms with Crippen molar-refractivity contribution in [1.82, 2.24) is 9.88 Å². The summed E-state index contributed by atoms with van der Waals surface area (Å²) in [6.45, 7) is 3.12. The molecule has 2 heterocycles. The lowest BCUT2D eigenvalue weighted by Gasteiger charge is -2.26. The van der Waals surface area contributed by atoms with E-state index in [0.29, 0.717) is 0 Å². The second kappa shape index (κ2) is 5.75. The number of hydrogen-bond acceptors (Lipinski definition) is 4. The highest BCUT2D eigenvalue weighted by atomic mass is 35.5. The zero-order valence-electron chi connectivity index (χ0n) is 9.37. The maximum atomic E-state index is 6.15. The zero-order chi connectivity index (χ0) is 11.4. The Labute approximate surface area is 106 Å². The van der Waals surface area contributed by atoms with Crippen LogP contribution in [0.15, 0.2) is 12.1 Å². The summed E-state index contributed by atoms with van der Waals surface area (Å²) in [6, 6.07) is 3.81. The van der Waals surface area contributed by atoms with E-state index in [0.717, 1.165) is 36.2 Å². The minimum Gasteiger partial charge on any atom is -0.373 e. The number of pyridine rings is 1. The normalized spacial score (nSPS) is 17.4. The molecule has 1 aromatic heterocycles. The summed E-state index contributed by atoms with van der Waals surface area (Å²) in [5.74, 6) is 3.30. The molecule has 88 valence electrons. The molecule has 2 rings (SSSR count). The van der Waals surface area contributed by atoms with E-state index in [9.17, 15) is 0 Å². The van der Waals surface area contributed by atoms with Crippen LogP contribution in [0, 0.1) is 0 Å². The fourth-order valence-electron chi connectivity index (χ4n) is 1.71. The molecule has 1 N–H and O–H groups in total. The molecule has 0 saturated carbocycles. The Morgan fingerprint density at radius 1 is 1.44 bits per heavy atom. The summed E-state index contributed by atoms with van der Waals surface area (Å²) in [5.41, 5.74) is 0.973. The van der Waals surface area contributed by atoms with Crippen molar-refractivity contribution < 1.29 is 0 Å². The Morgan fingerprint density at radius 2 is 2.19 bits per heavy atom. The average molecular weight is 258 g/mol. The van der Waals surface area contributed by atoms with Crippen LogP contribution in [-0.4, -0.2) is 41.5 Å². The van der Waals surface area contributed by atoms with Gasteiger partial charge in [0.05, 0.1) is 10.7 Å². The van der Waals surface area contributed by atoms with Gasteiger partial charge >= 0.3 is 0 Å². The maximum Gasteiger partial charge on any atom is 0.126 e. The molecule has 0 radical (unpaired) electrons. The number of nitrogens with one attached hydrogen (secondary N) is 1. The smallest absolute Gasteiger partial charge is 0.126 e. The Kier molecular flexibility index (Phi) is 4.32. The van der Waals surface area contributed by atoms with Gasteiger partial charge in [-0.3, -0.25) is 4.90 Å². The van der Waals surface area contributed by atoms with Gasteiger partial charge in [-0.15, -0.1) is 0 Å². The van der Waals surface area contributed by atoms with Gasteiger partial charge in [0.15, 0.2) is 0 Å². The molecule has 5 heteroatoms. The Hall–Kier alpha value is -0.450. The first-order chi connectivity index (χ1) is 7.79. The first kappa shape index (κ1) is 12.0. The molecule has 0 unspecified atom stereocenters. The first-order valence-corrected chi connectivity index (χ1v) is 6.96. The van der Waals surface area contributed by atoms with Gasteiger partial charge in [-0.2, -0.15) is 11.8 Å². The van der Waals surface area contributed by atoms with Crippen LogP contribution in [0.25, 0.3) is 0 Å². The van der Waals surface area contributed by atoms with Crippen LogP contribution in [0.5, 0.6) is 0 Å². The predicted molar refractivity (Wildman–Crippen MR) is 71.4 cm³/mol. The molecule has 0 aromatic carbocycles. The molecule has 0 atom stereocenters. The lowest BCUT2D eigenvalue weighted by Crippen LogP contribution is -2.32. The standard InChI is InChI=1S/C11H16ClN3S/c1-13-11-3-2-9(12)10(14-11)8-15-4-6-16-7-5-15/h2-3H,4-8H2,1H3,(H,13,14). The largest absolute Gasteiger partial charge is 0.373 e. The lowest BCUT2D eigenvalue weighted by atomic mass is 10.3. The summed E-state index contributed by atoms with van der Waals surface area (Å²) in [4.78, 5) is 6.90. The van der Waals surface area contributed by atoms with E-state index in [4.69, 9.17) is 11.6 Å². The van der Waals surface area contributed by atoms with Gasteiger partial charge in [-0.1, -0.05) is 11.6 Å². The maximum absolute atomic E-state index is 6.15. The van der Waals surface area contributed by atoms with E-state index in [2.05, 4.69) is 15.2 Å². The van der Waals surface area contributed by atoms with Crippen LogP contribution in [0.1, 0.15) is 5.69 Å². The molecule has 0 amide bonds. The minimum atomic E-state index is 0.761. The molecular weight excluding hydrogens is 242 g/mol. The number of halogens is 1. The van der Waals surface area contributed by atoms with Crippen molar-refractivity contribution in [2.75, 3.05) is 37.0 Å². The minimum absolute atomic E-state index is 0.761. The highest BCUT2D eigenvalue weighted by molar-refractivity contribution is 7.99. The van der Waals surface area contributed by atoms with Gasteiger partial charge in [0.25, 0.3) is 0 Å². The van der Waals surface area contributed by atoms with Crippen LogP contribution < -0.4 is 5.32 Å². The van der Waals surface area contributed by atoms with E-state index in [-0.39, 0.29) is 0 Å². The number of hydrogen-bond donors (Lipinski definition) is 1. The van der Waals surface area contributed by atoms with Gasteiger partial charge in [-0.05, 0) is 12.1 Å². The van der Waals surface area contributed by atoms with Crippen molar-refractivity contribution in [3.05, 3.63) is 22.8 Å². The highest BCUT2D eigenvalue weighted by Crippen LogP contribution is 2.19. The Bertz CT molecular complexity index is 353. The highest BCUT2D eigenvalue weighted by Gasteiger charge is 2.13. The van der Waals surface area contributed by atoms with E-state index >= 15 is 0 Å². The summed E-state index contributed by atoms with van der Waals surface area (Å²) in [5, 5.41) is 3.80. The molecule has 1 fully saturated rings. The summed E-state index contributed by atoms with van der Waals surface area (Å²) in [6.07, 6.45) is 0. The molecule has 0 bridgehead atoms. The number of anilines is 1. The molecule has 1 aromatic rings. The molecule has 0 spiro atoms. The zero-order valence-corrected chi connectivity index (χ0v) is 10.9. The van der Waals surface area contributed by atoms with Crippen LogP contribution in [-0.2, 0) is 6.54 Å². The average Bonchev–Trinajstić information content (AvgIpc) is 2.33. The fraction of sp³-hybridized carbons (Fsp3) is 0.545. The van der Waals surface area contributed by atoms with Crippen molar-refractivity contribution in [2.24, 2.45) is 0 Å². The second-order valence-corrected chi connectivity index (χ2v) is 5.40. The molecule has 1 aliphatic heterocycles. The van der Waals surface area contributed by atoms with Crippen LogP contribution >= 0.6 is 23.4 Å². The van der Waals surface area contributed by atoms with E-state index < -0.39 is 0 Å². The van der Waals surface area contributed by atoms with E-state index in [1.807, 2.05) is 30.9 Å². The summed E-state index contributed by atoms with van der Waals surface area (Å²) in [7, 11) is 1.87. The third-order valence-electron chi connectivity index (χ3n) is 2.65. The molecule has 1 aliphatic rings. The van der Waals surface area contributed by atoms with Crippen LogP contribution in [0.3, 0.4) is 0 Å². The third-order valence-corrected chi connectivity index (χ3v) is 3.94. The lowest BCUT2D eigenvalue weighted by molar-refractivity contribution is 0.291. The molecule has 16 heavy (non-hydrogen) atoms. The van der Waals surface area contributed by atoms with Gasteiger partial charge in [0.2, 0.25) is 0 Å². The van der Waals surface area contributed by atoms with Gasteiger partial charge < -0.3 is 5.32 Å². The third kappa shape index (κ3) is 3.03. The topological polar surface area (TPSA) is 28.2 Å². The number of aromatic nitrogens is 1. The van der Waals surface area contributed by atoms with Crippen molar-refractivity contribution in [3.8, 4) is 0 Å². The fourth-order valence-corrected chi connectivity index (χ4v) is 2.85. The van der Waals surface area contributed by atoms with E-state index in [1.165, 1.54) is 11.5 Å². The van der Waals surface area contributed by atoms with Gasteiger partial charge in [0, 0.05) is 38.2 Å². The quantitative estimate of drug-likeness (QED) is 0.900. The number of nitrogens with zero attached hydrogens (tertiary/aromatic N) is 2. The van der Waals surface area contributed by atoms with Crippen molar-refractivity contribution >= 4 is 29.2 Å². The Morgan fingerprint density at radius 3 is 2.88 bits per heavy atom. The predicted octanol–water partition coefficient (Wildman–Crippen LogP) is 2.33.